The number of hydrogen-bond donors (Lipinski definition) is 1. The van der Waals surface area contributed by atoms with E-state index in [9.17, 15) is 18.0 Å². The number of carbonyl (C=O) groups is 2. The molecule has 4 rings (SSSR count). The van der Waals surface area contributed by atoms with Gasteiger partial charge in [0.15, 0.2) is 0 Å². The van der Waals surface area contributed by atoms with E-state index in [1.807, 2.05) is 19.9 Å². The molecule has 1 aliphatic carbocycles. The fourth-order valence-electron chi connectivity index (χ4n) is 5.11. The Morgan fingerprint density at radius 1 is 0.929 bits per heavy atom. The minimum Gasteiger partial charge on any atom is -0.352 e. The van der Waals surface area contributed by atoms with Gasteiger partial charge in [0.1, 0.15) is 12.6 Å². The number of sulfonamides is 1. The highest BCUT2D eigenvalue weighted by atomic mass is 35.5. The van der Waals surface area contributed by atoms with E-state index in [1.165, 1.54) is 17.0 Å². The van der Waals surface area contributed by atoms with E-state index in [1.54, 1.807) is 55.5 Å². The van der Waals surface area contributed by atoms with Crippen LogP contribution in [0.2, 0.25) is 10.0 Å². The van der Waals surface area contributed by atoms with Crippen LogP contribution in [-0.2, 0) is 26.2 Å². The van der Waals surface area contributed by atoms with Gasteiger partial charge in [-0.05, 0) is 86.7 Å². The average Bonchev–Trinajstić information content (AvgIpc) is 2.97. The molecule has 0 unspecified atom stereocenters. The normalized spacial score (nSPS) is 14.7. The molecule has 3 aromatic rings. The van der Waals surface area contributed by atoms with Crippen molar-refractivity contribution in [3.05, 3.63) is 93.5 Å². The Labute approximate surface area is 258 Å². The van der Waals surface area contributed by atoms with Gasteiger partial charge in [0.05, 0.1) is 10.6 Å². The summed E-state index contributed by atoms with van der Waals surface area (Å²) >= 11 is 12.6. The Kier molecular flexibility index (Phi) is 10.6. The quantitative estimate of drug-likeness (QED) is 0.271. The number of nitrogens with zero attached hydrogens (tertiary/aromatic N) is 2. The molecule has 1 atom stereocenters. The first-order valence-electron chi connectivity index (χ1n) is 14.2. The van der Waals surface area contributed by atoms with Crippen LogP contribution in [0, 0.1) is 13.8 Å². The van der Waals surface area contributed by atoms with Crippen LogP contribution in [0.3, 0.4) is 0 Å². The van der Waals surface area contributed by atoms with Gasteiger partial charge in [-0.25, -0.2) is 8.42 Å². The second kappa shape index (κ2) is 13.9. The van der Waals surface area contributed by atoms with Crippen LogP contribution in [0.4, 0.5) is 5.69 Å². The van der Waals surface area contributed by atoms with Crippen molar-refractivity contribution in [2.75, 3.05) is 10.8 Å². The largest absolute Gasteiger partial charge is 0.352 e. The van der Waals surface area contributed by atoms with Crippen molar-refractivity contribution >= 4 is 50.7 Å². The second-order valence-electron chi connectivity index (χ2n) is 10.9. The molecule has 7 nitrogen and oxygen atoms in total. The van der Waals surface area contributed by atoms with E-state index in [2.05, 4.69) is 5.32 Å². The molecule has 0 radical (unpaired) electrons. The van der Waals surface area contributed by atoms with E-state index in [0.717, 1.165) is 47.5 Å². The fraction of sp³-hybridized carbons (Fsp3) is 0.375. The Hall–Kier alpha value is -3.07. The van der Waals surface area contributed by atoms with Crippen molar-refractivity contribution in [1.29, 1.82) is 0 Å². The molecule has 0 bridgehead atoms. The van der Waals surface area contributed by atoms with Gasteiger partial charge in [0.2, 0.25) is 11.8 Å². The number of benzene rings is 3. The molecular weight excluding hydrogens is 593 g/mol. The number of aryl methyl sites for hydroxylation is 2. The molecule has 224 valence electrons. The lowest BCUT2D eigenvalue weighted by atomic mass is 9.95. The van der Waals surface area contributed by atoms with Crippen LogP contribution >= 0.6 is 23.2 Å². The fourth-order valence-corrected chi connectivity index (χ4v) is 7.01. The zero-order valence-corrected chi connectivity index (χ0v) is 26.5. The summed E-state index contributed by atoms with van der Waals surface area (Å²) in [5.74, 6) is -0.825. The van der Waals surface area contributed by atoms with E-state index < -0.39 is 28.5 Å². The summed E-state index contributed by atoms with van der Waals surface area (Å²) < 4.78 is 29.0. The van der Waals surface area contributed by atoms with Gasteiger partial charge in [-0.3, -0.25) is 13.9 Å². The molecule has 1 saturated carbocycles. The summed E-state index contributed by atoms with van der Waals surface area (Å²) in [7, 11) is -4.13. The number of carbonyl (C=O) groups excluding carboxylic acids is 2. The van der Waals surface area contributed by atoms with Gasteiger partial charge in [0, 0.05) is 22.6 Å². The topological polar surface area (TPSA) is 86.8 Å². The predicted octanol–water partition coefficient (Wildman–Crippen LogP) is 6.67. The number of nitrogens with one attached hydrogen (secondary N) is 1. The Balaban J connectivity index is 1.70. The molecule has 10 heteroatoms. The molecule has 0 heterocycles. The molecule has 1 fully saturated rings. The van der Waals surface area contributed by atoms with Crippen molar-refractivity contribution in [2.24, 2.45) is 0 Å². The summed E-state index contributed by atoms with van der Waals surface area (Å²) in [4.78, 5) is 29.1. The van der Waals surface area contributed by atoms with E-state index in [-0.39, 0.29) is 23.4 Å². The molecule has 2 amide bonds. The molecular formula is C32H37Cl2N3O4S. The maximum absolute atomic E-state index is 14.1. The Morgan fingerprint density at radius 2 is 1.62 bits per heavy atom. The average molecular weight is 631 g/mol. The number of halogens is 2. The van der Waals surface area contributed by atoms with Crippen LogP contribution in [0.1, 0.15) is 55.7 Å². The van der Waals surface area contributed by atoms with E-state index >= 15 is 0 Å². The highest BCUT2D eigenvalue weighted by molar-refractivity contribution is 7.92. The van der Waals surface area contributed by atoms with Crippen molar-refractivity contribution in [2.45, 2.75) is 76.4 Å². The maximum Gasteiger partial charge on any atom is 0.264 e. The third kappa shape index (κ3) is 7.65. The zero-order chi connectivity index (χ0) is 30.4. The van der Waals surface area contributed by atoms with E-state index in [0.29, 0.717) is 21.3 Å². The van der Waals surface area contributed by atoms with Crippen LogP contribution < -0.4 is 9.62 Å². The molecule has 3 aromatic carbocycles. The third-order valence-electron chi connectivity index (χ3n) is 7.86. The molecule has 1 aliphatic rings. The monoisotopic (exact) mass is 629 g/mol. The van der Waals surface area contributed by atoms with Crippen molar-refractivity contribution in [1.82, 2.24) is 10.2 Å². The summed E-state index contributed by atoms with van der Waals surface area (Å²) in [6.45, 7) is 4.98. The standard InChI is InChI=1S/C32H37Cl2N3O4S/c1-22-14-17-28(18-23(22)2)37(42(40,41)29-12-8-5-9-13-29)21-31(38)36(20-25-15-16-26(33)19-30(25)34)24(3)32(39)35-27-10-6-4-7-11-27/h5,8-9,12-19,24,27H,4,6-7,10-11,20-21H2,1-3H3,(H,35,39)/t24-/m1/s1. The van der Waals surface area contributed by atoms with Crippen molar-refractivity contribution in [3.63, 3.8) is 0 Å². The Bertz CT molecular complexity index is 1530. The number of rotatable bonds is 10. The minimum atomic E-state index is -4.13. The summed E-state index contributed by atoms with van der Waals surface area (Å²) in [5, 5.41) is 3.89. The first-order valence-corrected chi connectivity index (χ1v) is 16.4. The van der Waals surface area contributed by atoms with E-state index in [4.69, 9.17) is 23.2 Å². The number of amides is 2. The van der Waals surface area contributed by atoms with Crippen LogP contribution in [-0.4, -0.2) is 43.8 Å². The lowest BCUT2D eigenvalue weighted by molar-refractivity contribution is -0.139. The van der Waals surface area contributed by atoms with Gasteiger partial charge >= 0.3 is 0 Å². The molecule has 0 spiro atoms. The SMILES string of the molecule is Cc1ccc(N(CC(=O)N(Cc2ccc(Cl)cc2Cl)[C@H](C)C(=O)NC2CCCCC2)S(=O)(=O)c2ccccc2)cc1C. The van der Waals surface area contributed by atoms with Crippen LogP contribution in [0.5, 0.6) is 0 Å². The van der Waals surface area contributed by atoms with Gasteiger partial charge < -0.3 is 10.2 Å². The molecule has 0 aliphatic heterocycles. The number of hydrogen-bond acceptors (Lipinski definition) is 4. The number of anilines is 1. The summed E-state index contributed by atoms with van der Waals surface area (Å²) in [5.41, 5.74) is 2.84. The molecule has 0 saturated heterocycles. The molecule has 42 heavy (non-hydrogen) atoms. The smallest absolute Gasteiger partial charge is 0.264 e. The summed E-state index contributed by atoms with van der Waals surface area (Å²) in [6, 6.07) is 17.4. The predicted molar refractivity (Wildman–Crippen MR) is 168 cm³/mol. The van der Waals surface area contributed by atoms with Gasteiger partial charge in [-0.1, -0.05) is 72.8 Å². The highest BCUT2D eigenvalue weighted by Gasteiger charge is 2.33. The lowest BCUT2D eigenvalue weighted by Gasteiger charge is -2.33. The van der Waals surface area contributed by atoms with Crippen molar-refractivity contribution in [3.8, 4) is 0 Å². The van der Waals surface area contributed by atoms with Crippen molar-refractivity contribution < 1.29 is 18.0 Å². The lowest BCUT2D eigenvalue weighted by Crippen LogP contribution is -2.53. The van der Waals surface area contributed by atoms with Gasteiger partial charge in [-0.15, -0.1) is 0 Å². The highest BCUT2D eigenvalue weighted by Crippen LogP contribution is 2.28. The van der Waals surface area contributed by atoms with Gasteiger partial charge in [0.25, 0.3) is 10.0 Å². The second-order valence-corrected chi connectivity index (χ2v) is 13.6. The first kappa shape index (κ1) is 31.9. The molecule has 1 N–H and O–H groups in total. The van der Waals surface area contributed by atoms with Crippen LogP contribution in [0.15, 0.2) is 71.6 Å². The summed E-state index contributed by atoms with van der Waals surface area (Å²) in [6.07, 6.45) is 5.03. The Morgan fingerprint density at radius 3 is 2.26 bits per heavy atom. The first-order chi connectivity index (χ1) is 20.0. The molecule has 0 aromatic heterocycles. The van der Waals surface area contributed by atoms with Gasteiger partial charge in [-0.2, -0.15) is 0 Å². The minimum absolute atomic E-state index is 0.000237. The third-order valence-corrected chi connectivity index (χ3v) is 10.2. The maximum atomic E-state index is 14.1. The zero-order valence-electron chi connectivity index (χ0n) is 24.1. The van der Waals surface area contributed by atoms with Crippen LogP contribution in [0.25, 0.3) is 0 Å².